The topological polar surface area (TPSA) is 81.5 Å². The highest BCUT2D eigenvalue weighted by Gasteiger charge is 2.22. The van der Waals surface area contributed by atoms with E-state index in [9.17, 15) is 14.9 Å². The summed E-state index contributed by atoms with van der Waals surface area (Å²) in [5.41, 5.74) is -0.0170. The highest BCUT2D eigenvalue weighted by Crippen LogP contribution is 2.20. The van der Waals surface area contributed by atoms with Crippen LogP contribution in [0, 0.1) is 16.0 Å². The minimum Gasteiger partial charge on any atom is -0.426 e. The van der Waals surface area contributed by atoms with Crippen molar-refractivity contribution < 1.29 is 14.5 Å². The van der Waals surface area contributed by atoms with E-state index in [-0.39, 0.29) is 17.6 Å². The summed E-state index contributed by atoms with van der Waals surface area (Å²) in [5.74, 6) is 0.0101. The minimum atomic E-state index is -0.488. The van der Waals surface area contributed by atoms with Gasteiger partial charge in [0.15, 0.2) is 0 Å². The predicted molar refractivity (Wildman–Crippen MR) is 64.3 cm³/mol. The largest absolute Gasteiger partial charge is 0.426 e. The number of non-ortho nitro benzene ring substituents is 1. The highest BCUT2D eigenvalue weighted by molar-refractivity contribution is 5.75. The molecule has 6 heteroatoms. The van der Waals surface area contributed by atoms with Crippen LogP contribution in [0.5, 0.6) is 5.75 Å². The number of rotatable bonds is 3. The molecule has 0 spiro atoms. The smallest absolute Gasteiger partial charge is 0.314 e. The molecule has 96 valence electrons. The van der Waals surface area contributed by atoms with Crippen molar-refractivity contribution in [1.29, 1.82) is 0 Å². The van der Waals surface area contributed by atoms with Gasteiger partial charge in [-0.15, -0.1) is 0 Å². The molecule has 1 aliphatic heterocycles. The van der Waals surface area contributed by atoms with Crippen LogP contribution in [0.15, 0.2) is 24.3 Å². The molecule has 0 amide bonds. The number of esters is 1. The highest BCUT2D eigenvalue weighted by atomic mass is 16.6. The Kier molecular flexibility index (Phi) is 3.88. The van der Waals surface area contributed by atoms with E-state index >= 15 is 0 Å². The molecule has 1 fully saturated rings. The Morgan fingerprint density at radius 3 is 2.44 bits per heavy atom. The standard InChI is InChI=1S/C12H14N2O4/c15-12(9-5-7-13-8-6-9)18-11-3-1-10(2-4-11)14(16)17/h1-4,9,13H,5-8H2. The van der Waals surface area contributed by atoms with Gasteiger partial charge in [-0.3, -0.25) is 14.9 Å². The molecule has 0 aliphatic carbocycles. The van der Waals surface area contributed by atoms with Crippen molar-refractivity contribution in [2.24, 2.45) is 5.92 Å². The lowest BCUT2D eigenvalue weighted by atomic mass is 9.98. The van der Waals surface area contributed by atoms with Crippen molar-refractivity contribution in [1.82, 2.24) is 5.32 Å². The van der Waals surface area contributed by atoms with Crippen molar-refractivity contribution in [3.05, 3.63) is 34.4 Å². The van der Waals surface area contributed by atoms with E-state index in [1.807, 2.05) is 0 Å². The van der Waals surface area contributed by atoms with E-state index in [2.05, 4.69) is 5.32 Å². The van der Waals surface area contributed by atoms with E-state index in [4.69, 9.17) is 4.74 Å². The van der Waals surface area contributed by atoms with Gasteiger partial charge < -0.3 is 10.1 Å². The molecular weight excluding hydrogens is 236 g/mol. The van der Waals surface area contributed by atoms with Crippen molar-refractivity contribution in [2.75, 3.05) is 13.1 Å². The van der Waals surface area contributed by atoms with E-state index in [0.717, 1.165) is 25.9 Å². The van der Waals surface area contributed by atoms with Gasteiger partial charge in [0.25, 0.3) is 5.69 Å². The van der Waals surface area contributed by atoms with Gasteiger partial charge in [-0.25, -0.2) is 0 Å². The molecule has 1 aromatic carbocycles. The van der Waals surface area contributed by atoms with Gasteiger partial charge in [0, 0.05) is 12.1 Å². The lowest BCUT2D eigenvalue weighted by Crippen LogP contribution is -2.33. The van der Waals surface area contributed by atoms with Crippen molar-refractivity contribution in [2.45, 2.75) is 12.8 Å². The number of carbonyl (C=O) groups is 1. The molecule has 0 saturated carbocycles. The average molecular weight is 250 g/mol. The van der Waals surface area contributed by atoms with E-state index < -0.39 is 4.92 Å². The monoisotopic (exact) mass is 250 g/mol. The number of piperidine rings is 1. The molecule has 1 N–H and O–H groups in total. The molecule has 1 heterocycles. The third-order valence-electron chi connectivity index (χ3n) is 2.94. The number of nitrogens with zero attached hydrogens (tertiary/aromatic N) is 1. The summed E-state index contributed by atoms with van der Waals surface area (Å²) in [4.78, 5) is 21.8. The van der Waals surface area contributed by atoms with Crippen LogP contribution in [0.4, 0.5) is 5.69 Å². The zero-order chi connectivity index (χ0) is 13.0. The van der Waals surface area contributed by atoms with Crippen molar-refractivity contribution in [3.63, 3.8) is 0 Å². The van der Waals surface area contributed by atoms with Crippen LogP contribution in [-0.4, -0.2) is 24.0 Å². The molecule has 6 nitrogen and oxygen atoms in total. The maximum atomic E-state index is 11.8. The van der Waals surface area contributed by atoms with Crippen LogP contribution in [-0.2, 0) is 4.79 Å². The van der Waals surface area contributed by atoms with Crippen molar-refractivity contribution in [3.8, 4) is 5.75 Å². The zero-order valence-corrected chi connectivity index (χ0v) is 9.80. The molecule has 1 saturated heterocycles. The molecule has 0 unspecified atom stereocenters. The number of hydrogen-bond acceptors (Lipinski definition) is 5. The Morgan fingerprint density at radius 2 is 1.89 bits per heavy atom. The van der Waals surface area contributed by atoms with Crippen molar-refractivity contribution >= 4 is 11.7 Å². The predicted octanol–water partition coefficient (Wildman–Crippen LogP) is 1.50. The van der Waals surface area contributed by atoms with Crippen LogP contribution in [0.25, 0.3) is 0 Å². The summed E-state index contributed by atoms with van der Waals surface area (Å²) in [6, 6.07) is 5.53. The van der Waals surface area contributed by atoms with E-state index in [1.54, 1.807) is 0 Å². The van der Waals surface area contributed by atoms with Crippen LogP contribution in [0.3, 0.4) is 0 Å². The molecule has 0 atom stereocenters. The summed E-state index contributed by atoms with van der Waals surface area (Å²) in [7, 11) is 0. The Morgan fingerprint density at radius 1 is 1.28 bits per heavy atom. The van der Waals surface area contributed by atoms with Crippen LogP contribution in [0.1, 0.15) is 12.8 Å². The van der Waals surface area contributed by atoms with Gasteiger partial charge in [-0.2, -0.15) is 0 Å². The number of nitro benzene ring substituents is 1. The first-order valence-electron chi connectivity index (χ1n) is 5.83. The lowest BCUT2D eigenvalue weighted by molar-refractivity contribution is -0.384. The molecule has 2 rings (SSSR count). The molecule has 18 heavy (non-hydrogen) atoms. The summed E-state index contributed by atoms with van der Waals surface area (Å²) in [5, 5.41) is 13.6. The third kappa shape index (κ3) is 3.04. The molecule has 1 aromatic rings. The molecule has 0 bridgehead atoms. The average Bonchev–Trinajstić information content (AvgIpc) is 2.40. The SMILES string of the molecule is O=C(Oc1ccc([N+](=O)[O-])cc1)C1CCNCC1. The Bertz CT molecular complexity index is 438. The fourth-order valence-corrected chi connectivity index (χ4v) is 1.89. The van der Waals surface area contributed by atoms with Crippen LogP contribution >= 0.6 is 0 Å². The van der Waals surface area contributed by atoms with Gasteiger partial charge in [0.05, 0.1) is 10.8 Å². The van der Waals surface area contributed by atoms with E-state index in [0.29, 0.717) is 5.75 Å². The number of nitrogens with one attached hydrogen (secondary N) is 1. The minimum absolute atomic E-state index is 0.0170. The van der Waals surface area contributed by atoms with Crippen LogP contribution in [0.2, 0.25) is 0 Å². The quantitative estimate of drug-likeness (QED) is 0.380. The second kappa shape index (κ2) is 5.59. The summed E-state index contributed by atoms with van der Waals surface area (Å²) in [6.07, 6.45) is 1.54. The van der Waals surface area contributed by atoms with Gasteiger partial charge in [-0.05, 0) is 38.1 Å². The third-order valence-corrected chi connectivity index (χ3v) is 2.94. The molecular formula is C12H14N2O4. The van der Waals surface area contributed by atoms with Crippen LogP contribution < -0.4 is 10.1 Å². The maximum absolute atomic E-state index is 11.8. The Labute approximate surface area is 104 Å². The molecule has 1 aliphatic rings. The van der Waals surface area contributed by atoms with E-state index in [1.165, 1.54) is 24.3 Å². The second-order valence-corrected chi connectivity index (χ2v) is 4.20. The lowest BCUT2D eigenvalue weighted by Gasteiger charge is -2.20. The fourth-order valence-electron chi connectivity index (χ4n) is 1.89. The molecule has 0 aromatic heterocycles. The molecule has 0 radical (unpaired) electrons. The van der Waals surface area contributed by atoms with Gasteiger partial charge in [0.2, 0.25) is 0 Å². The summed E-state index contributed by atoms with van der Waals surface area (Å²) in [6.45, 7) is 1.64. The Hall–Kier alpha value is -1.95. The first-order chi connectivity index (χ1) is 8.66. The fraction of sp³-hybridized carbons (Fsp3) is 0.417. The van der Waals surface area contributed by atoms with Gasteiger partial charge in [0.1, 0.15) is 5.75 Å². The summed E-state index contributed by atoms with van der Waals surface area (Å²) < 4.78 is 5.20. The number of nitro groups is 1. The number of hydrogen-bond donors (Lipinski definition) is 1. The Balaban J connectivity index is 1.96. The maximum Gasteiger partial charge on any atom is 0.314 e. The second-order valence-electron chi connectivity index (χ2n) is 4.20. The normalized spacial score (nSPS) is 16.2. The first kappa shape index (κ1) is 12.5. The summed E-state index contributed by atoms with van der Waals surface area (Å²) >= 11 is 0. The number of benzene rings is 1. The van der Waals surface area contributed by atoms with Gasteiger partial charge in [-0.1, -0.05) is 0 Å². The number of ether oxygens (including phenoxy) is 1. The zero-order valence-electron chi connectivity index (χ0n) is 9.80. The van der Waals surface area contributed by atoms with Gasteiger partial charge >= 0.3 is 5.97 Å². The number of carbonyl (C=O) groups excluding carboxylic acids is 1. The first-order valence-corrected chi connectivity index (χ1v) is 5.83.